The highest BCUT2D eigenvalue weighted by molar-refractivity contribution is 6.34. The first kappa shape index (κ1) is 9.42. The summed E-state index contributed by atoms with van der Waals surface area (Å²) in [6.45, 7) is 1.73. The fraction of sp³-hybridized carbons (Fsp3) is 0.286. The summed E-state index contributed by atoms with van der Waals surface area (Å²) in [6, 6.07) is 0. The Bertz CT molecular complexity index is 314. The van der Waals surface area contributed by atoms with Gasteiger partial charge in [-0.15, -0.1) is 0 Å². The number of aromatic nitrogens is 2. The number of rotatable bonds is 2. The predicted molar refractivity (Wildman–Crippen MR) is 46.7 cm³/mol. The Labute approximate surface area is 79.7 Å². The first-order valence-corrected chi connectivity index (χ1v) is 4.12. The van der Waals surface area contributed by atoms with Crippen molar-refractivity contribution < 1.29 is 4.79 Å². The minimum Gasteiger partial charge on any atom is -0.292 e. The summed E-state index contributed by atoms with van der Waals surface area (Å²) in [5.41, 5.74) is 0.184. The Balaban J connectivity index is 3.09. The fourth-order valence-corrected chi connectivity index (χ4v) is 1.12. The maximum absolute atomic E-state index is 11.1. The van der Waals surface area contributed by atoms with Crippen LogP contribution < -0.4 is 0 Å². The van der Waals surface area contributed by atoms with Gasteiger partial charge in [-0.2, -0.15) is 0 Å². The minimum atomic E-state index is -0.135. The van der Waals surface area contributed by atoms with E-state index < -0.39 is 0 Å². The zero-order valence-corrected chi connectivity index (χ0v) is 7.85. The summed E-state index contributed by atoms with van der Waals surface area (Å²) in [5.74, 6) is -0.135. The number of halogens is 2. The van der Waals surface area contributed by atoms with E-state index in [1.165, 1.54) is 6.20 Å². The molecule has 0 spiro atoms. The lowest BCUT2D eigenvalue weighted by molar-refractivity contribution is 0.0983. The van der Waals surface area contributed by atoms with Crippen LogP contribution >= 0.6 is 23.2 Å². The number of ketones is 1. The molecule has 0 aliphatic heterocycles. The molecule has 0 radical (unpaired) electrons. The quantitative estimate of drug-likeness (QED) is 0.696. The van der Waals surface area contributed by atoms with Crippen LogP contribution in [-0.4, -0.2) is 15.8 Å². The second kappa shape index (κ2) is 3.83. The van der Waals surface area contributed by atoms with E-state index >= 15 is 0 Å². The predicted octanol–water partition coefficient (Wildman–Crippen LogP) is 2.38. The Kier molecular flexibility index (Phi) is 3.00. The molecule has 1 aromatic heterocycles. The standard InChI is InChI=1S/C7H6Cl2N2O/c1-2-4(12)6-7(9)11-5(8)3-10-6/h3H,2H2,1H3. The number of Topliss-reactive ketones (excluding diaryl/α,β-unsaturated/α-hetero) is 1. The Morgan fingerprint density at radius 1 is 1.58 bits per heavy atom. The maximum atomic E-state index is 11.1. The molecule has 0 saturated heterocycles. The lowest BCUT2D eigenvalue weighted by Gasteiger charge is -1.98. The van der Waals surface area contributed by atoms with Gasteiger partial charge >= 0.3 is 0 Å². The van der Waals surface area contributed by atoms with Gasteiger partial charge < -0.3 is 0 Å². The van der Waals surface area contributed by atoms with Gasteiger partial charge in [0, 0.05) is 6.42 Å². The fourth-order valence-electron chi connectivity index (χ4n) is 0.701. The molecular weight excluding hydrogens is 199 g/mol. The van der Waals surface area contributed by atoms with E-state index in [0.717, 1.165) is 0 Å². The Morgan fingerprint density at radius 2 is 2.25 bits per heavy atom. The number of carbonyl (C=O) groups excluding carboxylic acids is 1. The smallest absolute Gasteiger partial charge is 0.184 e. The van der Waals surface area contributed by atoms with E-state index in [9.17, 15) is 4.79 Å². The van der Waals surface area contributed by atoms with Crippen LogP contribution in [0.2, 0.25) is 10.3 Å². The monoisotopic (exact) mass is 204 g/mol. The van der Waals surface area contributed by atoms with Gasteiger partial charge in [0.1, 0.15) is 10.8 Å². The van der Waals surface area contributed by atoms with E-state index in [4.69, 9.17) is 23.2 Å². The van der Waals surface area contributed by atoms with Gasteiger partial charge in [-0.05, 0) is 0 Å². The molecule has 0 aliphatic carbocycles. The van der Waals surface area contributed by atoms with E-state index in [1.807, 2.05) is 0 Å². The van der Waals surface area contributed by atoms with Gasteiger partial charge in [-0.1, -0.05) is 30.1 Å². The number of hydrogen-bond donors (Lipinski definition) is 0. The molecule has 3 nitrogen and oxygen atoms in total. The molecule has 0 aliphatic rings. The van der Waals surface area contributed by atoms with E-state index in [-0.39, 0.29) is 21.8 Å². The van der Waals surface area contributed by atoms with Gasteiger partial charge in [0.25, 0.3) is 0 Å². The van der Waals surface area contributed by atoms with E-state index in [0.29, 0.717) is 6.42 Å². The molecule has 1 rings (SSSR count). The van der Waals surface area contributed by atoms with Crippen LogP contribution in [0.3, 0.4) is 0 Å². The third-order valence-electron chi connectivity index (χ3n) is 1.29. The van der Waals surface area contributed by atoms with Crippen molar-refractivity contribution in [2.24, 2.45) is 0 Å². The third-order valence-corrected chi connectivity index (χ3v) is 1.73. The molecule has 0 amide bonds. The van der Waals surface area contributed by atoms with Crippen molar-refractivity contribution in [3.63, 3.8) is 0 Å². The van der Waals surface area contributed by atoms with Gasteiger partial charge in [-0.25, -0.2) is 9.97 Å². The molecule has 0 fully saturated rings. The van der Waals surface area contributed by atoms with Crippen LogP contribution in [0.1, 0.15) is 23.8 Å². The molecule has 0 aromatic carbocycles. The van der Waals surface area contributed by atoms with Crippen LogP contribution in [0.25, 0.3) is 0 Å². The van der Waals surface area contributed by atoms with Gasteiger partial charge in [0.2, 0.25) is 0 Å². The average Bonchev–Trinajstić information content (AvgIpc) is 2.03. The normalized spacial score (nSPS) is 9.92. The first-order chi connectivity index (χ1) is 5.65. The summed E-state index contributed by atoms with van der Waals surface area (Å²) in [7, 11) is 0. The average molecular weight is 205 g/mol. The lowest BCUT2D eigenvalue weighted by Crippen LogP contribution is -2.02. The van der Waals surface area contributed by atoms with Gasteiger partial charge in [0.05, 0.1) is 6.20 Å². The van der Waals surface area contributed by atoms with Gasteiger partial charge in [-0.3, -0.25) is 4.79 Å². The molecular formula is C7H6Cl2N2O. The van der Waals surface area contributed by atoms with Crippen LogP contribution in [0.15, 0.2) is 6.20 Å². The molecule has 0 saturated carbocycles. The van der Waals surface area contributed by atoms with Crippen molar-refractivity contribution in [3.05, 3.63) is 22.2 Å². The summed E-state index contributed by atoms with van der Waals surface area (Å²) in [4.78, 5) is 18.6. The molecule has 5 heteroatoms. The van der Waals surface area contributed by atoms with Crippen LogP contribution in [0, 0.1) is 0 Å². The number of hydrogen-bond acceptors (Lipinski definition) is 3. The molecule has 0 N–H and O–H groups in total. The van der Waals surface area contributed by atoms with Crippen LogP contribution in [0.5, 0.6) is 0 Å². The van der Waals surface area contributed by atoms with Gasteiger partial charge in [0.15, 0.2) is 10.9 Å². The third kappa shape index (κ3) is 1.93. The first-order valence-electron chi connectivity index (χ1n) is 3.36. The largest absolute Gasteiger partial charge is 0.292 e. The molecule has 1 heterocycles. The number of nitrogens with zero attached hydrogens (tertiary/aromatic N) is 2. The highest BCUT2D eigenvalue weighted by Gasteiger charge is 2.10. The summed E-state index contributed by atoms with van der Waals surface area (Å²) in [6.07, 6.45) is 1.66. The molecule has 0 atom stereocenters. The Morgan fingerprint density at radius 3 is 2.75 bits per heavy atom. The summed E-state index contributed by atoms with van der Waals surface area (Å²) < 4.78 is 0. The molecule has 0 bridgehead atoms. The van der Waals surface area contributed by atoms with E-state index in [1.54, 1.807) is 6.92 Å². The summed E-state index contributed by atoms with van der Waals surface area (Å²) in [5, 5.41) is 0.252. The second-order valence-electron chi connectivity index (χ2n) is 2.11. The molecule has 1 aromatic rings. The Hall–Kier alpha value is -0.670. The van der Waals surface area contributed by atoms with E-state index in [2.05, 4.69) is 9.97 Å². The van der Waals surface area contributed by atoms with Crippen molar-refractivity contribution in [1.82, 2.24) is 9.97 Å². The van der Waals surface area contributed by atoms with Crippen LogP contribution in [0.4, 0.5) is 0 Å². The summed E-state index contributed by atoms with van der Waals surface area (Å²) >= 11 is 11.1. The van der Waals surface area contributed by atoms with Crippen molar-refractivity contribution in [2.75, 3.05) is 0 Å². The van der Waals surface area contributed by atoms with Crippen molar-refractivity contribution >= 4 is 29.0 Å². The zero-order valence-electron chi connectivity index (χ0n) is 6.34. The lowest BCUT2D eigenvalue weighted by atomic mass is 10.2. The van der Waals surface area contributed by atoms with Crippen molar-refractivity contribution in [2.45, 2.75) is 13.3 Å². The second-order valence-corrected chi connectivity index (χ2v) is 2.85. The SMILES string of the molecule is CCC(=O)c1ncc(Cl)nc1Cl. The topological polar surface area (TPSA) is 42.9 Å². The van der Waals surface area contributed by atoms with Crippen molar-refractivity contribution in [1.29, 1.82) is 0 Å². The molecule has 12 heavy (non-hydrogen) atoms. The zero-order chi connectivity index (χ0) is 9.14. The minimum absolute atomic E-state index is 0.0642. The van der Waals surface area contributed by atoms with Crippen LogP contribution in [-0.2, 0) is 0 Å². The maximum Gasteiger partial charge on any atom is 0.184 e. The molecule has 0 unspecified atom stereocenters. The highest BCUT2D eigenvalue weighted by atomic mass is 35.5. The molecule has 64 valence electrons. The highest BCUT2D eigenvalue weighted by Crippen LogP contribution is 2.14. The van der Waals surface area contributed by atoms with Crippen molar-refractivity contribution in [3.8, 4) is 0 Å². The number of carbonyl (C=O) groups is 1.